The van der Waals surface area contributed by atoms with Gasteiger partial charge in [-0.05, 0) is 0 Å². The zero-order valence-corrected chi connectivity index (χ0v) is 6.13. The van der Waals surface area contributed by atoms with E-state index >= 15 is 0 Å². The van der Waals surface area contributed by atoms with Crippen LogP contribution in [0.25, 0.3) is 0 Å². The highest BCUT2D eigenvalue weighted by Gasteiger charge is 1.95. The molecule has 0 saturated heterocycles. The van der Waals surface area contributed by atoms with Crippen molar-refractivity contribution >= 4 is 11.8 Å². The highest BCUT2D eigenvalue weighted by atomic mass is 16.2. The standard InChI is InChI=1S/C6H10N2O2/c1-3-5(9)7-8-6(10)4-2/h3-4H2,1-2H3. The average molecular weight is 142 g/mol. The van der Waals surface area contributed by atoms with Gasteiger partial charge in [0.25, 0.3) is 11.8 Å². The van der Waals surface area contributed by atoms with E-state index in [4.69, 9.17) is 0 Å². The van der Waals surface area contributed by atoms with Gasteiger partial charge in [0, 0.05) is 12.8 Å². The van der Waals surface area contributed by atoms with E-state index in [0.29, 0.717) is 12.8 Å². The van der Waals surface area contributed by atoms with Gasteiger partial charge < -0.3 is 0 Å². The first kappa shape index (κ1) is 8.94. The van der Waals surface area contributed by atoms with Crippen molar-refractivity contribution in [2.45, 2.75) is 26.7 Å². The van der Waals surface area contributed by atoms with Crippen LogP contribution in [0.3, 0.4) is 0 Å². The van der Waals surface area contributed by atoms with Crippen LogP contribution in [0.1, 0.15) is 26.7 Å². The molecule has 56 valence electrons. The van der Waals surface area contributed by atoms with Gasteiger partial charge in [-0.25, -0.2) is 0 Å². The molecule has 0 bridgehead atoms. The van der Waals surface area contributed by atoms with E-state index in [1.807, 2.05) is 0 Å². The van der Waals surface area contributed by atoms with Crippen LogP contribution in [-0.2, 0) is 9.59 Å². The fraction of sp³-hybridized carbons (Fsp3) is 0.667. The molecule has 0 N–H and O–H groups in total. The fourth-order valence-corrected chi connectivity index (χ4v) is 0.253. The molecule has 0 aliphatic carbocycles. The minimum absolute atomic E-state index is 0.292. The van der Waals surface area contributed by atoms with Gasteiger partial charge >= 0.3 is 0 Å². The van der Waals surface area contributed by atoms with Crippen LogP contribution in [-0.4, -0.2) is 11.8 Å². The molecule has 0 aromatic carbocycles. The highest BCUT2D eigenvalue weighted by molar-refractivity contribution is 5.81. The Morgan fingerprint density at radius 3 is 1.50 bits per heavy atom. The number of amides is 2. The number of carbonyl (C=O) groups is 2. The normalized spacial score (nSPS) is 10.2. The van der Waals surface area contributed by atoms with Gasteiger partial charge in [-0.15, -0.1) is 10.2 Å². The minimum Gasteiger partial charge on any atom is -0.271 e. The SMILES string of the molecule is CCC(=O)N=NC(=O)CC. The summed E-state index contributed by atoms with van der Waals surface area (Å²) in [6.45, 7) is 3.33. The number of hydrogen-bond acceptors (Lipinski definition) is 2. The summed E-state index contributed by atoms with van der Waals surface area (Å²) in [6.07, 6.45) is 0.584. The Kier molecular flexibility index (Phi) is 4.28. The summed E-state index contributed by atoms with van der Waals surface area (Å²) in [5.41, 5.74) is 0. The number of carbonyl (C=O) groups excluding carboxylic acids is 2. The lowest BCUT2D eigenvalue weighted by atomic mass is 10.5. The molecule has 0 radical (unpaired) electrons. The maximum absolute atomic E-state index is 10.4. The second-order valence-electron chi connectivity index (χ2n) is 1.69. The van der Waals surface area contributed by atoms with Crippen molar-refractivity contribution in [1.29, 1.82) is 0 Å². The Hall–Kier alpha value is -1.06. The lowest BCUT2D eigenvalue weighted by molar-refractivity contribution is -0.121. The van der Waals surface area contributed by atoms with E-state index in [2.05, 4.69) is 10.2 Å². The summed E-state index contributed by atoms with van der Waals surface area (Å²) in [5, 5.41) is 6.30. The summed E-state index contributed by atoms with van der Waals surface area (Å²) in [6, 6.07) is 0. The smallest absolute Gasteiger partial charge is 0.264 e. The first-order chi connectivity index (χ1) is 4.70. The van der Waals surface area contributed by atoms with Crippen LogP contribution in [0.5, 0.6) is 0 Å². The van der Waals surface area contributed by atoms with Crippen LogP contribution in [0.2, 0.25) is 0 Å². The fourth-order valence-electron chi connectivity index (χ4n) is 0.253. The molecule has 0 aliphatic rings. The van der Waals surface area contributed by atoms with Gasteiger partial charge in [-0.2, -0.15) is 0 Å². The van der Waals surface area contributed by atoms with Gasteiger partial charge in [-0.3, -0.25) is 9.59 Å². The lowest BCUT2D eigenvalue weighted by Gasteiger charge is -1.82. The number of rotatable bonds is 2. The first-order valence-electron chi connectivity index (χ1n) is 3.18. The monoisotopic (exact) mass is 142 g/mol. The molecule has 0 atom stereocenters. The topological polar surface area (TPSA) is 58.9 Å². The Bertz CT molecular complexity index is 145. The van der Waals surface area contributed by atoms with E-state index in [9.17, 15) is 9.59 Å². The molecule has 4 heteroatoms. The molecular formula is C6H10N2O2. The van der Waals surface area contributed by atoms with Crippen molar-refractivity contribution in [1.82, 2.24) is 0 Å². The lowest BCUT2D eigenvalue weighted by Crippen LogP contribution is -1.91. The molecular weight excluding hydrogens is 132 g/mol. The molecule has 2 amide bonds. The molecule has 0 unspecified atom stereocenters. The molecule has 0 aromatic heterocycles. The number of azo groups is 1. The van der Waals surface area contributed by atoms with Crippen LogP contribution in [0.4, 0.5) is 0 Å². The summed E-state index contributed by atoms with van der Waals surface area (Å²) >= 11 is 0. The molecule has 0 aromatic rings. The minimum atomic E-state index is -0.359. The summed E-state index contributed by atoms with van der Waals surface area (Å²) in [7, 11) is 0. The number of hydrogen-bond donors (Lipinski definition) is 0. The highest BCUT2D eigenvalue weighted by Crippen LogP contribution is 1.87. The van der Waals surface area contributed by atoms with Crippen molar-refractivity contribution in [2.75, 3.05) is 0 Å². The van der Waals surface area contributed by atoms with Crippen molar-refractivity contribution in [2.24, 2.45) is 10.2 Å². The summed E-state index contributed by atoms with van der Waals surface area (Å²) in [4.78, 5) is 20.8. The van der Waals surface area contributed by atoms with Crippen molar-refractivity contribution in [3.05, 3.63) is 0 Å². The first-order valence-corrected chi connectivity index (χ1v) is 3.18. The molecule has 0 rings (SSSR count). The van der Waals surface area contributed by atoms with Crippen LogP contribution < -0.4 is 0 Å². The second-order valence-corrected chi connectivity index (χ2v) is 1.69. The van der Waals surface area contributed by atoms with E-state index < -0.39 is 0 Å². The van der Waals surface area contributed by atoms with E-state index in [0.717, 1.165) is 0 Å². The van der Waals surface area contributed by atoms with Gasteiger partial charge in [-0.1, -0.05) is 13.8 Å². The maximum atomic E-state index is 10.4. The Balaban J connectivity index is 3.75. The zero-order chi connectivity index (χ0) is 7.98. The van der Waals surface area contributed by atoms with Crippen molar-refractivity contribution < 1.29 is 9.59 Å². The third-order valence-corrected chi connectivity index (χ3v) is 0.878. The van der Waals surface area contributed by atoms with Gasteiger partial charge in [0.15, 0.2) is 0 Å². The predicted molar refractivity (Wildman–Crippen MR) is 35.5 cm³/mol. The third-order valence-electron chi connectivity index (χ3n) is 0.878. The molecule has 0 saturated carbocycles. The zero-order valence-electron chi connectivity index (χ0n) is 6.13. The third kappa shape index (κ3) is 3.88. The van der Waals surface area contributed by atoms with Gasteiger partial charge in [0.1, 0.15) is 0 Å². The molecule has 4 nitrogen and oxygen atoms in total. The second kappa shape index (κ2) is 4.78. The van der Waals surface area contributed by atoms with Crippen molar-refractivity contribution in [3.8, 4) is 0 Å². The molecule has 0 aliphatic heterocycles. The maximum Gasteiger partial charge on any atom is 0.264 e. The van der Waals surface area contributed by atoms with Gasteiger partial charge in [0.05, 0.1) is 0 Å². The number of nitrogens with zero attached hydrogens (tertiary/aromatic N) is 2. The molecule has 0 heterocycles. The largest absolute Gasteiger partial charge is 0.271 e. The summed E-state index contributed by atoms with van der Waals surface area (Å²) < 4.78 is 0. The Labute approximate surface area is 59.3 Å². The Morgan fingerprint density at radius 1 is 1.00 bits per heavy atom. The Morgan fingerprint density at radius 2 is 1.30 bits per heavy atom. The predicted octanol–water partition coefficient (Wildman–Crippen LogP) is 1.31. The van der Waals surface area contributed by atoms with Gasteiger partial charge in [0.2, 0.25) is 0 Å². The van der Waals surface area contributed by atoms with Crippen LogP contribution >= 0.6 is 0 Å². The van der Waals surface area contributed by atoms with E-state index in [1.54, 1.807) is 13.8 Å². The van der Waals surface area contributed by atoms with Crippen LogP contribution in [0, 0.1) is 0 Å². The molecule has 0 spiro atoms. The quantitative estimate of drug-likeness (QED) is 0.546. The molecule has 10 heavy (non-hydrogen) atoms. The van der Waals surface area contributed by atoms with Crippen molar-refractivity contribution in [3.63, 3.8) is 0 Å². The van der Waals surface area contributed by atoms with Crippen LogP contribution in [0.15, 0.2) is 10.2 Å². The summed E-state index contributed by atoms with van der Waals surface area (Å²) in [5.74, 6) is -0.719. The van der Waals surface area contributed by atoms with E-state index in [1.165, 1.54) is 0 Å². The van der Waals surface area contributed by atoms with E-state index in [-0.39, 0.29) is 11.8 Å². The average Bonchev–Trinajstić information content (AvgIpc) is 1.99. The molecule has 0 fully saturated rings.